The van der Waals surface area contributed by atoms with Crippen LogP contribution in [0.25, 0.3) is 0 Å². The Morgan fingerprint density at radius 1 is 1.42 bits per heavy atom. The molecule has 0 bridgehead atoms. The van der Waals surface area contributed by atoms with Crippen LogP contribution in [-0.4, -0.2) is 10.3 Å². The maximum atomic E-state index is 9.34. The van der Waals surface area contributed by atoms with Crippen molar-refractivity contribution >= 4 is 23.0 Å². The van der Waals surface area contributed by atoms with Gasteiger partial charge in [-0.15, -0.1) is 0 Å². The summed E-state index contributed by atoms with van der Waals surface area (Å²) >= 11 is 4.70. The number of hydroxylamine groups is 1. The van der Waals surface area contributed by atoms with Crippen LogP contribution in [0.3, 0.4) is 0 Å². The molecule has 1 aromatic carbocycles. The van der Waals surface area contributed by atoms with Gasteiger partial charge in [0.25, 0.3) is 0 Å². The van der Waals surface area contributed by atoms with Crippen molar-refractivity contribution in [3.05, 3.63) is 30.3 Å². The van der Waals surface area contributed by atoms with Gasteiger partial charge in [-0.1, -0.05) is 18.2 Å². The average molecular weight is 183 g/mol. The summed E-state index contributed by atoms with van der Waals surface area (Å²) in [6.45, 7) is 0. The Balaban J connectivity index is 2.78. The van der Waals surface area contributed by atoms with Crippen molar-refractivity contribution in [3.63, 3.8) is 0 Å². The predicted molar refractivity (Wildman–Crippen MR) is 50.6 cm³/mol. The number of para-hydroxylation sites is 1. The molecule has 12 heavy (non-hydrogen) atoms. The third kappa shape index (κ3) is 1.91. The zero-order chi connectivity index (χ0) is 8.97. The fourth-order valence-electron chi connectivity index (χ4n) is 0.748. The highest BCUT2D eigenvalue weighted by Gasteiger charge is 2.05. The first-order valence-corrected chi connectivity index (χ1v) is 3.71. The summed E-state index contributed by atoms with van der Waals surface area (Å²) in [6.07, 6.45) is 0. The van der Waals surface area contributed by atoms with E-state index in [1.165, 1.54) is 0 Å². The first-order valence-electron chi connectivity index (χ1n) is 3.30. The summed E-state index contributed by atoms with van der Waals surface area (Å²) in [7, 11) is 0. The van der Waals surface area contributed by atoms with E-state index in [1.54, 1.807) is 24.3 Å². The van der Waals surface area contributed by atoms with Gasteiger partial charge in [-0.3, -0.25) is 10.6 Å². The highest BCUT2D eigenvalue weighted by Crippen LogP contribution is 2.09. The first kappa shape index (κ1) is 8.92. The summed E-state index contributed by atoms with van der Waals surface area (Å²) in [5.74, 6) is 5.02. The Hall–Kier alpha value is -1.17. The smallest absolute Gasteiger partial charge is 0.212 e. The molecule has 0 aromatic heterocycles. The molecular weight excluding hydrogens is 174 g/mol. The monoisotopic (exact) mass is 183 g/mol. The molecule has 0 heterocycles. The third-order valence-electron chi connectivity index (χ3n) is 1.32. The number of nitrogens with one attached hydrogen (secondary N) is 1. The van der Waals surface area contributed by atoms with Crippen molar-refractivity contribution < 1.29 is 5.21 Å². The van der Waals surface area contributed by atoms with E-state index < -0.39 is 0 Å². The SMILES string of the molecule is NNC(=S)N(O)c1ccccc1. The zero-order valence-corrected chi connectivity index (χ0v) is 7.08. The molecule has 0 atom stereocenters. The maximum absolute atomic E-state index is 9.34. The van der Waals surface area contributed by atoms with Crippen molar-refractivity contribution in [1.29, 1.82) is 0 Å². The summed E-state index contributed by atoms with van der Waals surface area (Å²) in [4.78, 5) is 0. The van der Waals surface area contributed by atoms with E-state index in [1.807, 2.05) is 6.07 Å². The van der Waals surface area contributed by atoms with Gasteiger partial charge in [0.1, 0.15) is 0 Å². The van der Waals surface area contributed by atoms with Crippen molar-refractivity contribution in [2.75, 3.05) is 5.06 Å². The molecule has 0 amide bonds. The van der Waals surface area contributed by atoms with E-state index in [2.05, 4.69) is 5.43 Å². The highest BCUT2D eigenvalue weighted by atomic mass is 32.1. The fourth-order valence-corrected chi connectivity index (χ4v) is 0.853. The number of hydrogen-bond donors (Lipinski definition) is 3. The highest BCUT2D eigenvalue weighted by molar-refractivity contribution is 7.80. The van der Waals surface area contributed by atoms with E-state index in [-0.39, 0.29) is 5.11 Å². The lowest BCUT2D eigenvalue weighted by molar-refractivity contribution is 0.310. The molecule has 1 aromatic rings. The molecule has 5 heteroatoms. The molecule has 0 saturated heterocycles. The molecule has 0 aliphatic carbocycles. The Kier molecular flexibility index (Phi) is 2.98. The molecule has 0 radical (unpaired) electrons. The van der Waals surface area contributed by atoms with Crippen LogP contribution in [0.5, 0.6) is 0 Å². The lowest BCUT2D eigenvalue weighted by Gasteiger charge is -2.15. The number of anilines is 1. The van der Waals surface area contributed by atoms with Gasteiger partial charge >= 0.3 is 0 Å². The number of benzene rings is 1. The second-order valence-corrected chi connectivity index (χ2v) is 2.48. The third-order valence-corrected chi connectivity index (χ3v) is 1.61. The molecule has 0 fully saturated rings. The van der Waals surface area contributed by atoms with Crippen LogP contribution in [0.2, 0.25) is 0 Å². The number of nitrogens with two attached hydrogens (primary N) is 1. The molecule has 4 nitrogen and oxygen atoms in total. The number of thiocarbonyl (C=S) groups is 1. The van der Waals surface area contributed by atoms with Crippen LogP contribution < -0.4 is 16.3 Å². The molecule has 0 unspecified atom stereocenters. The average Bonchev–Trinajstić information content (AvgIpc) is 2.17. The van der Waals surface area contributed by atoms with Crippen molar-refractivity contribution in [3.8, 4) is 0 Å². The van der Waals surface area contributed by atoms with E-state index in [4.69, 9.17) is 18.1 Å². The molecule has 1 rings (SSSR count). The Morgan fingerprint density at radius 2 is 2.00 bits per heavy atom. The molecular formula is C7H9N3OS. The minimum absolute atomic E-state index is 0.0567. The van der Waals surface area contributed by atoms with Crippen LogP contribution >= 0.6 is 12.2 Å². The van der Waals surface area contributed by atoms with E-state index >= 15 is 0 Å². The van der Waals surface area contributed by atoms with Crippen LogP contribution in [0.15, 0.2) is 30.3 Å². The Labute approximate surface area is 75.5 Å². The van der Waals surface area contributed by atoms with Gasteiger partial charge in [-0.2, -0.15) is 5.06 Å². The van der Waals surface area contributed by atoms with E-state index in [9.17, 15) is 5.21 Å². The lowest BCUT2D eigenvalue weighted by atomic mass is 10.3. The van der Waals surface area contributed by atoms with Crippen LogP contribution in [-0.2, 0) is 0 Å². The van der Waals surface area contributed by atoms with Crippen molar-refractivity contribution in [1.82, 2.24) is 5.43 Å². The van der Waals surface area contributed by atoms with E-state index in [0.29, 0.717) is 5.69 Å². The number of nitrogens with zero attached hydrogens (tertiary/aromatic N) is 1. The largest absolute Gasteiger partial charge is 0.299 e. The van der Waals surface area contributed by atoms with Crippen LogP contribution in [0.1, 0.15) is 0 Å². The van der Waals surface area contributed by atoms with Gasteiger partial charge in [0.15, 0.2) is 0 Å². The molecule has 0 aliphatic heterocycles. The molecule has 0 saturated carbocycles. The van der Waals surface area contributed by atoms with Gasteiger partial charge in [0.05, 0.1) is 5.69 Å². The van der Waals surface area contributed by atoms with Crippen LogP contribution in [0, 0.1) is 0 Å². The second-order valence-electron chi connectivity index (χ2n) is 2.10. The summed E-state index contributed by atoms with van der Waals surface area (Å²) < 4.78 is 0. The van der Waals surface area contributed by atoms with Crippen molar-refractivity contribution in [2.24, 2.45) is 5.84 Å². The molecule has 4 N–H and O–H groups in total. The molecule has 0 spiro atoms. The number of hydrazine groups is 1. The van der Waals surface area contributed by atoms with Gasteiger partial charge < -0.3 is 0 Å². The minimum atomic E-state index is 0.0567. The lowest BCUT2D eigenvalue weighted by Crippen LogP contribution is -2.41. The summed E-state index contributed by atoms with van der Waals surface area (Å²) in [5.41, 5.74) is 2.74. The maximum Gasteiger partial charge on any atom is 0.212 e. The topological polar surface area (TPSA) is 61.5 Å². The molecule has 0 aliphatic rings. The molecule has 64 valence electrons. The van der Waals surface area contributed by atoms with Gasteiger partial charge in [0.2, 0.25) is 5.11 Å². The minimum Gasteiger partial charge on any atom is -0.299 e. The van der Waals surface area contributed by atoms with Gasteiger partial charge in [0, 0.05) is 0 Å². The Morgan fingerprint density at radius 3 is 2.50 bits per heavy atom. The standard InChI is InChI=1S/C7H9N3OS/c8-9-7(12)10(11)6-4-2-1-3-5-6/h1-5,11H,8H2,(H,9,12). The quantitative estimate of drug-likeness (QED) is 0.338. The summed E-state index contributed by atoms with van der Waals surface area (Å²) in [5, 5.41) is 10.2. The van der Waals surface area contributed by atoms with Crippen LogP contribution in [0.4, 0.5) is 5.69 Å². The van der Waals surface area contributed by atoms with Gasteiger partial charge in [-0.05, 0) is 24.4 Å². The van der Waals surface area contributed by atoms with Crippen molar-refractivity contribution in [2.45, 2.75) is 0 Å². The Bertz CT molecular complexity index is 265. The van der Waals surface area contributed by atoms with Gasteiger partial charge in [-0.25, -0.2) is 5.84 Å². The first-order chi connectivity index (χ1) is 5.75. The number of hydrogen-bond acceptors (Lipinski definition) is 3. The number of rotatable bonds is 1. The normalized spacial score (nSPS) is 9.17. The zero-order valence-electron chi connectivity index (χ0n) is 6.27. The second kappa shape index (κ2) is 4.01. The fraction of sp³-hybridized carbons (Fsp3) is 0. The predicted octanol–water partition coefficient (Wildman–Crippen LogP) is 0.630. The van der Waals surface area contributed by atoms with E-state index in [0.717, 1.165) is 5.06 Å². The summed E-state index contributed by atoms with van der Waals surface area (Å²) in [6, 6.07) is 8.85.